The van der Waals surface area contributed by atoms with Gasteiger partial charge in [-0.15, -0.1) is 0 Å². The highest BCUT2D eigenvalue weighted by Gasteiger charge is 2.58. The van der Waals surface area contributed by atoms with Gasteiger partial charge in [0.05, 0.1) is 6.04 Å². The maximum absolute atomic E-state index is 14.2. The Morgan fingerprint density at radius 2 is 1.54 bits per heavy atom. The number of rotatable bonds is 9. The number of hydrogen-bond acceptors (Lipinski definition) is 4. The maximum Gasteiger partial charge on any atom is 0.164 e. The molecule has 3 aromatic rings. The number of likely N-dealkylation sites (tertiary alicyclic amines) is 1. The van der Waals surface area contributed by atoms with Crippen LogP contribution in [0.4, 0.5) is 8.78 Å². The normalized spacial score (nSPS) is 20.7. The third-order valence-electron chi connectivity index (χ3n) is 8.84. The van der Waals surface area contributed by atoms with Gasteiger partial charge >= 0.3 is 0 Å². The minimum atomic E-state index is -3.84. The molecule has 8 heteroatoms. The van der Waals surface area contributed by atoms with E-state index in [-0.39, 0.29) is 23.8 Å². The molecule has 0 N–H and O–H groups in total. The van der Waals surface area contributed by atoms with Crippen molar-refractivity contribution in [3.8, 4) is 0 Å². The van der Waals surface area contributed by atoms with Crippen LogP contribution in [-0.2, 0) is 21.1 Å². The second-order valence-electron chi connectivity index (χ2n) is 11.4. The monoisotopic (exact) mass is 598 g/mol. The Morgan fingerprint density at radius 3 is 2.05 bits per heavy atom. The van der Waals surface area contributed by atoms with Gasteiger partial charge in [-0.05, 0) is 65.9 Å². The molecule has 1 saturated carbocycles. The second kappa shape index (κ2) is 11.9. The molecule has 1 aliphatic carbocycles. The van der Waals surface area contributed by atoms with Crippen molar-refractivity contribution in [2.75, 3.05) is 19.3 Å². The summed E-state index contributed by atoms with van der Waals surface area (Å²) in [6.07, 6.45) is 7.50. The van der Waals surface area contributed by atoms with Crippen molar-refractivity contribution in [1.82, 2.24) is 9.80 Å². The van der Waals surface area contributed by atoms with Crippen molar-refractivity contribution in [1.29, 1.82) is 0 Å². The summed E-state index contributed by atoms with van der Waals surface area (Å²) < 4.78 is 53.3. The van der Waals surface area contributed by atoms with Gasteiger partial charge < -0.3 is 4.90 Å². The zero-order chi connectivity index (χ0) is 29.4. The van der Waals surface area contributed by atoms with Gasteiger partial charge in [-0.1, -0.05) is 80.8 Å². The van der Waals surface area contributed by atoms with E-state index in [0.29, 0.717) is 11.1 Å². The molecule has 3 aromatic carbocycles. The van der Waals surface area contributed by atoms with E-state index in [1.807, 2.05) is 17.0 Å². The van der Waals surface area contributed by atoms with E-state index in [2.05, 4.69) is 42.7 Å². The third kappa shape index (κ3) is 5.81. The standard InChI is InChI=1S/C33H37ClF2N2O2S/c1-4-37(31-8-6-5-7-9-31)21-24-10-12-25(13-11-24)32(26-14-16-28(34)17-15-26)38-22-33(23(38)2,41(3,39)40)27-18-29(35)20-30(36)19-27/h10-20,31-32H,2,4-9,21-22H2,1,3H3/t32-,33?/m1/s1. The largest absolute Gasteiger partial charge is 0.360 e. The molecule has 1 unspecified atom stereocenters. The van der Waals surface area contributed by atoms with Crippen LogP contribution >= 0.6 is 11.6 Å². The van der Waals surface area contributed by atoms with Crippen molar-refractivity contribution in [2.45, 2.75) is 62.4 Å². The first-order chi connectivity index (χ1) is 19.5. The average Bonchev–Trinajstić information content (AvgIpc) is 2.94. The van der Waals surface area contributed by atoms with Gasteiger partial charge in [-0.25, -0.2) is 17.2 Å². The van der Waals surface area contributed by atoms with E-state index in [0.717, 1.165) is 48.7 Å². The number of halogens is 3. The molecule has 0 bridgehead atoms. The topological polar surface area (TPSA) is 40.6 Å². The molecule has 1 heterocycles. The summed E-state index contributed by atoms with van der Waals surface area (Å²) in [7, 11) is -3.84. The van der Waals surface area contributed by atoms with Crippen molar-refractivity contribution in [3.63, 3.8) is 0 Å². The molecule has 0 radical (unpaired) electrons. The highest BCUT2D eigenvalue weighted by molar-refractivity contribution is 7.92. The fourth-order valence-corrected chi connectivity index (χ4v) is 8.18. The van der Waals surface area contributed by atoms with E-state index in [4.69, 9.17) is 11.6 Å². The summed E-state index contributed by atoms with van der Waals surface area (Å²) in [6.45, 7) is 8.28. The van der Waals surface area contributed by atoms with E-state index < -0.39 is 26.2 Å². The quantitative estimate of drug-likeness (QED) is 0.254. The predicted molar refractivity (Wildman–Crippen MR) is 161 cm³/mol. The summed E-state index contributed by atoms with van der Waals surface area (Å²) in [5, 5.41) is 0.591. The lowest BCUT2D eigenvalue weighted by Gasteiger charge is -2.55. The van der Waals surface area contributed by atoms with Crippen LogP contribution in [0.1, 0.15) is 67.3 Å². The molecule has 218 valence electrons. The highest BCUT2D eigenvalue weighted by Crippen LogP contribution is 2.52. The first kappa shape index (κ1) is 29.7. The second-order valence-corrected chi connectivity index (χ2v) is 14.1. The molecule has 41 heavy (non-hydrogen) atoms. The summed E-state index contributed by atoms with van der Waals surface area (Å²) in [5.41, 5.74) is 3.42. The van der Waals surface area contributed by atoms with Gasteiger partial charge in [0.1, 0.15) is 11.6 Å². The zero-order valence-corrected chi connectivity index (χ0v) is 25.2. The third-order valence-corrected chi connectivity index (χ3v) is 11.0. The van der Waals surface area contributed by atoms with Gasteiger partial charge in [0, 0.05) is 42.2 Å². The fourth-order valence-electron chi connectivity index (χ4n) is 6.59. The lowest BCUT2D eigenvalue weighted by molar-refractivity contribution is 0.155. The minimum absolute atomic E-state index is 0.00783. The molecule has 0 spiro atoms. The van der Waals surface area contributed by atoms with Gasteiger partial charge in [0.25, 0.3) is 0 Å². The Bertz CT molecular complexity index is 1480. The van der Waals surface area contributed by atoms with E-state index in [1.165, 1.54) is 37.7 Å². The van der Waals surface area contributed by atoms with Gasteiger partial charge in [-0.2, -0.15) is 0 Å². The fraction of sp³-hybridized carbons (Fsp3) is 0.394. The highest BCUT2D eigenvalue weighted by atomic mass is 35.5. The molecule has 2 aliphatic rings. The molecule has 5 rings (SSSR count). The molecule has 4 nitrogen and oxygen atoms in total. The van der Waals surface area contributed by atoms with Crippen molar-refractivity contribution in [3.05, 3.63) is 118 Å². The van der Waals surface area contributed by atoms with Crippen LogP contribution in [0.3, 0.4) is 0 Å². The first-order valence-corrected chi connectivity index (χ1v) is 16.5. The molecule has 1 aliphatic heterocycles. The number of nitrogens with zero attached hydrogens (tertiary/aromatic N) is 2. The molecule has 0 aromatic heterocycles. The van der Waals surface area contributed by atoms with E-state index in [1.54, 1.807) is 12.1 Å². The Labute approximate surface area is 247 Å². The summed E-state index contributed by atoms with van der Waals surface area (Å²) in [4.78, 5) is 4.46. The zero-order valence-electron chi connectivity index (χ0n) is 23.6. The maximum atomic E-state index is 14.2. The van der Waals surface area contributed by atoms with Crippen LogP contribution in [0.25, 0.3) is 0 Å². The lowest BCUT2D eigenvalue weighted by Crippen LogP contribution is -2.61. The van der Waals surface area contributed by atoms with Gasteiger partial charge in [-0.3, -0.25) is 4.90 Å². The predicted octanol–water partition coefficient (Wildman–Crippen LogP) is 7.63. The Hall–Kier alpha value is -2.74. The summed E-state index contributed by atoms with van der Waals surface area (Å²) >= 11 is 6.19. The van der Waals surface area contributed by atoms with Gasteiger partial charge in [0.2, 0.25) is 0 Å². The van der Waals surface area contributed by atoms with Crippen LogP contribution in [0.15, 0.2) is 79.0 Å². The van der Waals surface area contributed by atoms with E-state index >= 15 is 0 Å². The molecular formula is C33H37ClF2N2O2S. The summed E-state index contributed by atoms with van der Waals surface area (Å²) in [6, 6.07) is 19.1. The van der Waals surface area contributed by atoms with Crippen LogP contribution in [0, 0.1) is 11.6 Å². The van der Waals surface area contributed by atoms with Crippen molar-refractivity contribution >= 4 is 21.4 Å². The lowest BCUT2D eigenvalue weighted by atomic mass is 9.82. The average molecular weight is 599 g/mol. The first-order valence-electron chi connectivity index (χ1n) is 14.2. The smallest absolute Gasteiger partial charge is 0.164 e. The number of hydrogen-bond donors (Lipinski definition) is 0. The molecule has 2 fully saturated rings. The molecular weight excluding hydrogens is 562 g/mol. The van der Waals surface area contributed by atoms with Crippen LogP contribution in [0.2, 0.25) is 5.02 Å². The minimum Gasteiger partial charge on any atom is -0.360 e. The molecule has 1 saturated heterocycles. The number of benzene rings is 3. The Balaban J connectivity index is 1.47. The summed E-state index contributed by atoms with van der Waals surface area (Å²) in [5.74, 6) is -1.65. The van der Waals surface area contributed by atoms with Crippen LogP contribution in [-0.4, -0.2) is 43.6 Å². The van der Waals surface area contributed by atoms with Crippen LogP contribution < -0.4 is 0 Å². The van der Waals surface area contributed by atoms with Crippen molar-refractivity contribution < 1.29 is 17.2 Å². The molecule has 2 atom stereocenters. The van der Waals surface area contributed by atoms with Gasteiger partial charge in [0.15, 0.2) is 14.6 Å². The number of sulfone groups is 1. The van der Waals surface area contributed by atoms with Crippen molar-refractivity contribution in [2.24, 2.45) is 0 Å². The van der Waals surface area contributed by atoms with E-state index in [9.17, 15) is 17.2 Å². The molecule has 0 amide bonds. The SMILES string of the molecule is C=C1N([C@@H](c2ccc(Cl)cc2)c2ccc(CN(CC)C3CCCCC3)cc2)CC1(c1cc(F)cc(F)c1)S(C)(=O)=O. The Morgan fingerprint density at radius 1 is 0.976 bits per heavy atom. The van der Waals surface area contributed by atoms with Crippen LogP contribution in [0.5, 0.6) is 0 Å². The Kier molecular flexibility index (Phi) is 8.61.